The fourth-order valence-electron chi connectivity index (χ4n) is 4.81. The molecule has 0 bridgehead atoms. The normalized spacial score (nSPS) is 18.9. The zero-order valence-electron chi connectivity index (χ0n) is 37.8. The van der Waals surface area contributed by atoms with Gasteiger partial charge in [0.15, 0.2) is 11.6 Å². The van der Waals surface area contributed by atoms with Crippen LogP contribution < -0.4 is 32.9 Å². The van der Waals surface area contributed by atoms with E-state index in [2.05, 4.69) is 0 Å². The van der Waals surface area contributed by atoms with E-state index in [0.29, 0.717) is 36.0 Å². The molecule has 2 nitrogen and oxygen atoms in total. The summed E-state index contributed by atoms with van der Waals surface area (Å²) in [4.78, 5) is 24.7. The van der Waals surface area contributed by atoms with Crippen LogP contribution in [0.3, 0.4) is 0 Å². The molecule has 0 radical (unpaired) electrons. The van der Waals surface area contributed by atoms with Gasteiger partial charge < -0.3 is 17.0 Å². The van der Waals surface area contributed by atoms with E-state index < -0.39 is 114 Å². The van der Waals surface area contributed by atoms with Crippen LogP contribution in [0, 0.1) is 0 Å². The first kappa shape index (κ1) is 16.7. The molecule has 0 unspecified atom stereocenters. The fraction of sp³-hybridized carbons (Fsp3) is 0.333. The first-order valence-corrected chi connectivity index (χ1v) is 15.3. The van der Waals surface area contributed by atoms with Gasteiger partial charge in [-0.2, -0.15) is 0 Å². The molecular formula is C36H42BrO2P. The number of Topliss-reactive ketones (excluding diaryl/α,β-unsaturated/α-hetero) is 1. The fourth-order valence-corrected chi connectivity index (χ4v) is 8.33. The van der Waals surface area contributed by atoms with Crippen molar-refractivity contribution >= 4 is 34.7 Å². The molecular weight excluding hydrogens is 575 g/mol. The molecule has 40 heavy (non-hydrogen) atoms. The van der Waals surface area contributed by atoms with E-state index in [0.717, 1.165) is 32.1 Å². The smallest absolute Gasteiger partial charge is 0.185 e. The monoisotopic (exact) mass is 631 g/mol. The van der Waals surface area contributed by atoms with Crippen LogP contribution in [0.25, 0.3) is 0 Å². The Morgan fingerprint density at radius 2 is 0.975 bits per heavy atom. The number of halogens is 1. The summed E-state index contributed by atoms with van der Waals surface area (Å²) >= 11 is 0. The molecule has 1 aliphatic rings. The largest absolute Gasteiger partial charge is 1.00 e. The first-order chi connectivity index (χ1) is 25.2. The number of hydrogen-bond acceptors (Lipinski definition) is 2. The van der Waals surface area contributed by atoms with Crippen LogP contribution in [0.4, 0.5) is 0 Å². The molecule has 4 rings (SSSR count). The van der Waals surface area contributed by atoms with E-state index in [4.69, 9.17) is 20.6 Å². The Hall–Kier alpha value is -2.61. The molecule has 0 fully saturated rings. The third-order valence-corrected chi connectivity index (χ3v) is 11.1. The van der Waals surface area contributed by atoms with Crippen molar-refractivity contribution in [3.8, 4) is 0 Å². The third-order valence-electron chi connectivity index (χ3n) is 7.16. The Bertz CT molecular complexity index is 1860. The first-order valence-electron chi connectivity index (χ1n) is 20.8. The van der Waals surface area contributed by atoms with Crippen molar-refractivity contribution in [3.05, 3.63) is 113 Å². The van der Waals surface area contributed by atoms with Crippen LogP contribution in [0.1, 0.15) is 92.2 Å². The second-order valence-corrected chi connectivity index (χ2v) is 13.1. The summed E-state index contributed by atoms with van der Waals surface area (Å²) in [6.45, 7) is 3.30. The molecule has 0 saturated heterocycles. The van der Waals surface area contributed by atoms with Crippen LogP contribution in [0.15, 0.2) is 113 Å². The minimum absolute atomic E-state index is 0. The Labute approximate surface area is 273 Å². The zero-order chi connectivity index (χ0) is 40.6. The van der Waals surface area contributed by atoms with Gasteiger partial charge in [-0.1, -0.05) is 86.5 Å². The maximum atomic E-state index is 12.5. The number of ketones is 2. The molecule has 0 aromatic heterocycles. The Morgan fingerprint density at radius 3 is 1.43 bits per heavy atom. The lowest BCUT2D eigenvalue weighted by molar-refractivity contribution is -0.116. The van der Waals surface area contributed by atoms with Crippen molar-refractivity contribution in [2.45, 2.75) is 71.6 Å². The minimum atomic E-state index is -4.26. The Morgan fingerprint density at radius 1 is 0.575 bits per heavy atom. The molecule has 3 aromatic carbocycles. The molecule has 1 aliphatic carbocycles. The number of rotatable bonds is 14. The lowest BCUT2D eigenvalue weighted by Crippen LogP contribution is -3.00. The maximum absolute atomic E-state index is 12.5. The number of carbonyl (C=O) groups is 2. The number of hydrogen-bond donors (Lipinski definition) is 0. The van der Waals surface area contributed by atoms with Crippen molar-refractivity contribution in [1.82, 2.24) is 0 Å². The van der Waals surface area contributed by atoms with Gasteiger partial charge in [0.05, 0.1) is 26.7 Å². The average molecular weight is 633 g/mol. The Balaban J connectivity index is 0.00000812. The van der Waals surface area contributed by atoms with Gasteiger partial charge in [-0.3, -0.25) is 9.59 Å². The van der Waals surface area contributed by atoms with Gasteiger partial charge >= 0.3 is 0 Å². The summed E-state index contributed by atoms with van der Waals surface area (Å²) in [5, 5.41) is -1.33. The predicted molar refractivity (Wildman–Crippen MR) is 168 cm³/mol. The Kier molecular flexibility index (Phi) is 6.69. The summed E-state index contributed by atoms with van der Waals surface area (Å²) in [7, 11) is -4.26. The summed E-state index contributed by atoms with van der Waals surface area (Å²) in [6, 6.07) is -11.3. The van der Waals surface area contributed by atoms with E-state index in [9.17, 15) is 9.59 Å². The molecule has 0 N–H and O–H groups in total. The molecule has 0 atom stereocenters. The summed E-state index contributed by atoms with van der Waals surface area (Å²) in [6.07, 6.45) is 7.08. The quantitative estimate of drug-likeness (QED) is 0.144. The molecule has 0 amide bonds. The van der Waals surface area contributed by atoms with Crippen LogP contribution >= 0.6 is 7.26 Å². The third kappa shape index (κ3) is 7.77. The maximum Gasteiger partial charge on any atom is 0.185 e. The highest BCUT2D eigenvalue weighted by Gasteiger charge is 2.44. The number of unbranched alkanes of at least 4 members (excludes halogenated alkanes) is 7. The van der Waals surface area contributed by atoms with Crippen molar-refractivity contribution in [2.75, 3.05) is 6.16 Å². The molecule has 0 saturated carbocycles. The highest BCUT2D eigenvalue weighted by atomic mass is 79.9. The molecule has 0 aliphatic heterocycles. The topological polar surface area (TPSA) is 34.1 Å². The van der Waals surface area contributed by atoms with Crippen molar-refractivity contribution in [2.24, 2.45) is 0 Å². The average Bonchev–Trinajstić information content (AvgIpc) is 3.14. The second kappa shape index (κ2) is 16.0. The molecule has 3 aromatic rings. The molecule has 210 valence electrons. The summed E-state index contributed by atoms with van der Waals surface area (Å²) in [5.74, 6) is -0.236. The highest BCUT2D eigenvalue weighted by molar-refractivity contribution is 7.95. The van der Waals surface area contributed by atoms with E-state index in [1.165, 1.54) is 6.08 Å². The van der Waals surface area contributed by atoms with Crippen LogP contribution in [0.5, 0.6) is 0 Å². The van der Waals surface area contributed by atoms with Crippen LogP contribution in [0.2, 0.25) is 0 Å². The molecule has 0 spiro atoms. The van der Waals surface area contributed by atoms with Gasteiger partial charge in [-0.15, -0.1) is 0 Å². The minimum Gasteiger partial charge on any atom is -1.00 e. The number of allylic oxidation sites excluding steroid dienone is 4. The number of carbonyl (C=O) groups excluding carboxylic acids is 2. The SMILES string of the molecule is [2H]c1c([2H])c([2H])c([P+](CCCCCCCCCCC2=CC(=O)C(C)=C(C)C2=O)(c2c([2H])c([2H])c([2H])c([2H])c2[2H])c2c([2H])c([2H])c([2H])c([2H])c2[2H])c([2H])c1[2H].[Br-]. The van der Waals surface area contributed by atoms with Crippen LogP contribution in [-0.2, 0) is 9.59 Å². The van der Waals surface area contributed by atoms with Gasteiger partial charge in [-0.05, 0) is 81.9 Å². The van der Waals surface area contributed by atoms with Gasteiger partial charge in [0.1, 0.15) is 23.2 Å². The molecule has 0 heterocycles. The summed E-state index contributed by atoms with van der Waals surface area (Å²) in [5.41, 5.74) is 1.47. The van der Waals surface area contributed by atoms with Gasteiger partial charge in [-0.25, -0.2) is 0 Å². The van der Waals surface area contributed by atoms with E-state index in [1.54, 1.807) is 13.8 Å². The highest BCUT2D eigenvalue weighted by Crippen LogP contribution is 2.56. The second-order valence-electron chi connectivity index (χ2n) is 9.65. The van der Waals surface area contributed by atoms with Crippen LogP contribution in [-0.4, -0.2) is 17.7 Å². The van der Waals surface area contributed by atoms with E-state index in [-0.39, 0.29) is 41.1 Å². The van der Waals surface area contributed by atoms with E-state index in [1.807, 2.05) is 0 Å². The van der Waals surface area contributed by atoms with Crippen molar-refractivity contribution in [1.29, 1.82) is 0 Å². The molecule has 4 heteroatoms. The lowest BCUT2D eigenvalue weighted by atomic mass is 9.88. The number of benzene rings is 3. The lowest BCUT2D eigenvalue weighted by Gasteiger charge is -2.27. The standard InChI is InChI=1S/C36H42O2P.BrH/c1-29-30(2)36(38)31(28-35(29)37)20-12-7-5-3-4-6-8-19-27-39(32-21-13-9-14-22-32,33-23-15-10-16-24-33)34-25-17-11-18-26-34;/h9-11,13-18,21-26,28H,3-8,12,19-20,27H2,1-2H3;1H/q+1;/p-1/i9D,10D,11D,13D,14D,15D,16D,17D,18D,21D,22D,23D,24D,25D,26D;. The predicted octanol–water partition coefficient (Wildman–Crippen LogP) is 4.91. The van der Waals surface area contributed by atoms with Gasteiger partial charge in [0.2, 0.25) is 0 Å². The van der Waals surface area contributed by atoms with Crippen molar-refractivity contribution in [3.63, 3.8) is 0 Å². The zero-order valence-corrected chi connectivity index (χ0v) is 25.3. The van der Waals surface area contributed by atoms with Gasteiger partial charge in [0, 0.05) is 16.7 Å². The van der Waals surface area contributed by atoms with E-state index >= 15 is 0 Å². The summed E-state index contributed by atoms with van der Waals surface area (Å²) < 4.78 is 130. The van der Waals surface area contributed by atoms with Crippen molar-refractivity contribution < 1.29 is 47.1 Å². The van der Waals surface area contributed by atoms with Gasteiger partial charge in [0.25, 0.3) is 0 Å².